The number of fused-ring (bicyclic) bond motifs is 5. The molecule has 45 heavy (non-hydrogen) atoms. The van der Waals surface area contributed by atoms with Crippen LogP contribution in [0.1, 0.15) is 50.3 Å². The van der Waals surface area contributed by atoms with Crippen molar-refractivity contribution in [2.45, 2.75) is 39.0 Å². The molecular formula is C44H37N. The number of benzene rings is 7. The van der Waals surface area contributed by atoms with Crippen molar-refractivity contribution in [2.24, 2.45) is 0 Å². The highest BCUT2D eigenvalue weighted by atomic mass is 15.1. The van der Waals surface area contributed by atoms with Gasteiger partial charge < -0.3 is 4.90 Å². The monoisotopic (exact) mass is 579 g/mol. The van der Waals surface area contributed by atoms with E-state index in [-0.39, 0.29) is 5.41 Å². The fourth-order valence-corrected chi connectivity index (χ4v) is 7.52. The lowest BCUT2D eigenvalue weighted by Gasteiger charge is -2.31. The van der Waals surface area contributed by atoms with Gasteiger partial charge in [0.15, 0.2) is 0 Å². The van der Waals surface area contributed by atoms with E-state index in [0.717, 1.165) is 0 Å². The molecule has 0 N–H and O–H groups in total. The second kappa shape index (κ2) is 10.5. The molecule has 0 aromatic heterocycles. The summed E-state index contributed by atoms with van der Waals surface area (Å²) in [4.78, 5) is 2.51. The van der Waals surface area contributed by atoms with E-state index in [9.17, 15) is 0 Å². The van der Waals surface area contributed by atoms with Crippen molar-refractivity contribution in [3.8, 4) is 22.3 Å². The van der Waals surface area contributed by atoms with Crippen LogP contribution in [-0.4, -0.2) is 0 Å². The normalized spacial score (nSPS) is 13.3. The minimum Gasteiger partial charge on any atom is -0.309 e. The first-order valence-electron chi connectivity index (χ1n) is 16.1. The summed E-state index contributed by atoms with van der Waals surface area (Å²) in [5.41, 5.74) is 12.8. The number of hydrogen-bond donors (Lipinski definition) is 0. The van der Waals surface area contributed by atoms with Gasteiger partial charge in [0.2, 0.25) is 0 Å². The third kappa shape index (κ3) is 4.37. The highest BCUT2D eigenvalue weighted by Gasteiger charge is 2.36. The fraction of sp³-hybridized carbons (Fsp3) is 0.136. The van der Waals surface area contributed by atoms with Gasteiger partial charge in [0.1, 0.15) is 0 Å². The molecule has 1 heteroatoms. The topological polar surface area (TPSA) is 3.24 Å². The predicted molar refractivity (Wildman–Crippen MR) is 193 cm³/mol. The summed E-state index contributed by atoms with van der Waals surface area (Å²) in [6.07, 6.45) is 0. The first-order valence-corrected chi connectivity index (χ1v) is 16.1. The van der Waals surface area contributed by atoms with E-state index in [1.165, 1.54) is 77.6 Å². The molecular weight excluding hydrogens is 542 g/mol. The number of rotatable bonds is 5. The van der Waals surface area contributed by atoms with Gasteiger partial charge in [-0.3, -0.25) is 0 Å². The number of hydrogen-bond acceptors (Lipinski definition) is 1. The van der Waals surface area contributed by atoms with E-state index in [1.807, 2.05) is 0 Å². The van der Waals surface area contributed by atoms with Crippen LogP contribution >= 0.6 is 0 Å². The Balaban J connectivity index is 1.47. The summed E-state index contributed by atoms with van der Waals surface area (Å²) in [5.74, 6) is 0.394. The van der Waals surface area contributed by atoms with Crippen molar-refractivity contribution in [3.05, 3.63) is 162 Å². The minimum atomic E-state index is -0.0944. The Morgan fingerprint density at radius 2 is 1.09 bits per heavy atom. The Labute approximate surface area is 266 Å². The zero-order chi connectivity index (χ0) is 30.7. The third-order valence-corrected chi connectivity index (χ3v) is 9.81. The van der Waals surface area contributed by atoms with Gasteiger partial charge in [0.05, 0.1) is 11.4 Å². The molecule has 0 saturated heterocycles. The summed E-state index contributed by atoms with van der Waals surface area (Å²) in [5, 5.41) is 4.95. The van der Waals surface area contributed by atoms with Crippen LogP contribution in [0.4, 0.5) is 17.1 Å². The first kappa shape index (κ1) is 27.4. The van der Waals surface area contributed by atoms with Gasteiger partial charge in [-0.1, -0.05) is 143 Å². The highest BCUT2D eigenvalue weighted by molar-refractivity contribution is 6.04. The molecule has 7 aromatic carbocycles. The van der Waals surface area contributed by atoms with E-state index in [1.54, 1.807) is 0 Å². The van der Waals surface area contributed by atoms with Gasteiger partial charge >= 0.3 is 0 Å². The van der Waals surface area contributed by atoms with Gasteiger partial charge in [-0.15, -0.1) is 0 Å². The van der Waals surface area contributed by atoms with Crippen LogP contribution in [-0.2, 0) is 5.41 Å². The summed E-state index contributed by atoms with van der Waals surface area (Å²) >= 11 is 0. The highest BCUT2D eigenvalue weighted by Crippen LogP contribution is 2.52. The minimum absolute atomic E-state index is 0.0944. The molecule has 0 saturated carbocycles. The Bertz CT molecular complexity index is 2230. The lowest BCUT2D eigenvalue weighted by Crippen LogP contribution is -2.17. The van der Waals surface area contributed by atoms with Crippen LogP contribution in [0.2, 0.25) is 0 Å². The average molecular weight is 580 g/mol. The molecule has 1 aliphatic carbocycles. The van der Waals surface area contributed by atoms with Crippen molar-refractivity contribution >= 4 is 38.6 Å². The van der Waals surface area contributed by atoms with Crippen LogP contribution in [0.25, 0.3) is 43.8 Å². The van der Waals surface area contributed by atoms with Gasteiger partial charge in [-0.25, -0.2) is 0 Å². The van der Waals surface area contributed by atoms with E-state index >= 15 is 0 Å². The lowest BCUT2D eigenvalue weighted by molar-refractivity contribution is 0.660. The van der Waals surface area contributed by atoms with Crippen LogP contribution in [0.15, 0.2) is 146 Å². The summed E-state index contributed by atoms with van der Waals surface area (Å²) in [7, 11) is 0. The molecule has 0 aliphatic heterocycles. The largest absolute Gasteiger partial charge is 0.309 e. The molecule has 1 nitrogen and oxygen atoms in total. The molecule has 1 aliphatic rings. The van der Waals surface area contributed by atoms with Crippen molar-refractivity contribution in [1.82, 2.24) is 0 Å². The molecule has 0 unspecified atom stereocenters. The van der Waals surface area contributed by atoms with Crippen LogP contribution in [0.3, 0.4) is 0 Å². The van der Waals surface area contributed by atoms with Gasteiger partial charge in [0, 0.05) is 22.1 Å². The molecule has 0 radical (unpaired) electrons. The molecule has 8 rings (SSSR count). The Hall–Kier alpha value is -5.14. The molecule has 0 atom stereocenters. The average Bonchev–Trinajstić information content (AvgIpc) is 3.30. The van der Waals surface area contributed by atoms with E-state index in [4.69, 9.17) is 0 Å². The summed E-state index contributed by atoms with van der Waals surface area (Å²) in [6.45, 7) is 9.32. The molecule has 7 aromatic rings. The van der Waals surface area contributed by atoms with Crippen LogP contribution in [0, 0.1) is 0 Å². The molecule has 0 fully saturated rings. The Kier molecular flexibility index (Phi) is 6.39. The zero-order valence-electron chi connectivity index (χ0n) is 26.4. The van der Waals surface area contributed by atoms with Gasteiger partial charge in [0.25, 0.3) is 0 Å². The molecule has 218 valence electrons. The van der Waals surface area contributed by atoms with Crippen molar-refractivity contribution in [1.29, 1.82) is 0 Å². The molecule has 0 bridgehead atoms. The first-order chi connectivity index (χ1) is 21.9. The van der Waals surface area contributed by atoms with E-state index in [2.05, 4.69) is 178 Å². The van der Waals surface area contributed by atoms with E-state index < -0.39 is 0 Å². The van der Waals surface area contributed by atoms with Crippen molar-refractivity contribution in [3.63, 3.8) is 0 Å². The van der Waals surface area contributed by atoms with Gasteiger partial charge in [-0.2, -0.15) is 0 Å². The van der Waals surface area contributed by atoms with E-state index in [0.29, 0.717) is 5.92 Å². The lowest BCUT2D eigenvalue weighted by atomic mass is 9.82. The SMILES string of the molecule is CC(C)c1ccccc1-c1cc2ccccc2cc1N(c1ccc2c(c1)C(C)(C)c1ccccc1-2)c1cccc2ccccc12. The smallest absolute Gasteiger partial charge is 0.0546 e. The molecule has 0 amide bonds. The summed E-state index contributed by atoms with van der Waals surface area (Å²) in [6, 6.07) is 54.0. The maximum Gasteiger partial charge on any atom is 0.0546 e. The maximum absolute atomic E-state index is 2.51. The van der Waals surface area contributed by atoms with Crippen molar-refractivity contribution in [2.75, 3.05) is 4.90 Å². The van der Waals surface area contributed by atoms with Gasteiger partial charge in [-0.05, 0) is 85.8 Å². The Morgan fingerprint density at radius 3 is 1.89 bits per heavy atom. The number of anilines is 3. The van der Waals surface area contributed by atoms with Crippen LogP contribution in [0.5, 0.6) is 0 Å². The second-order valence-corrected chi connectivity index (χ2v) is 13.2. The van der Waals surface area contributed by atoms with Crippen LogP contribution < -0.4 is 4.90 Å². The zero-order valence-corrected chi connectivity index (χ0v) is 26.4. The molecule has 0 spiro atoms. The standard InChI is InChI=1S/C44H37N/c1-29(2)34-18-9-10-20-36(34)39-26-31-15-5-6-16-32(31)27-43(39)45(42-23-13-17-30-14-7-8-19-35(30)42)33-24-25-38-37-21-11-12-22-40(37)44(3,4)41(38)28-33/h5-29H,1-4H3. The third-order valence-electron chi connectivity index (χ3n) is 9.81. The maximum atomic E-state index is 2.51. The second-order valence-electron chi connectivity index (χ2n) is 13.2. The van der Waals surface area contributed by atoms with Crippen molar-refractivity contribution < 1.29 is 0 Å². The molecule has 0 heterocycles. The quantitative estimate of drug-likeness (QED) is 0.196. The Morgan fingerprint density at radius 1 is 0.467 bits per heavy atom. The fourth-order valence-electron chi connectivity index (χ4n) is 7.52. The number of nitrogens with zero attached hydrogens (tertiary/aromatic N) is 1. The summed E-state index contributed by atoms with van der Waals surface area (Å²) < 4.78 is 0. The predicted octanol–water partition coefficient (Wildman–Crippen LogP) is 12.6.